The van der Waals surface area contributed by atoms with E-state index in [4.69, 9.17) is 0 Å². The Labute approximate surface area is 123 Å². The molecule has 0 bridgehead atoms. The van der Waals surface area contributed by atoms with Gasteiger partial charge in [-0.05, 0) is 37.1 Å². The summed E-state index contributed by atoms with van der Waals surface area (Å²) in [6.45, 7) is 0.626. The largest absolute Gasteiger partial charge is 0.276 e. The highest BCUT2D eigenvalue weighted by atomic mass is 32.2. The van der Waals surface area contributed by atoms with E-state index in [1.54, 1.807) is 21.1 Å². The molecule has 0 spiro atoms. The number of rotatable bonds is 3. The average molecular weight is 304 g/mol. The summed E-state index contributed by atoms with van der Waals surface area (Å²) in [6.07, 6.45) is 4.12. The molecule has 2 aromatic heterocycles. The monoisotopic (exact) mass is 304 g/mol. The summed E-state index contributed by atoms with van der Waals surface area (Å²) >= 11 is 1.38. The maximum absolute atomic E-state index is 14.3. The number of aromatic nitrogens is 4. The Morgan fingerprint density at radius 1 is 1.38 bits per heavy atom. The molecule has 3 aromatic rings. The summed E-state index contributed by atoms with van der Waals surface area (Å²) in [7, 11) is 0. The minimum absolute atomic E-state index is 0.191. The molecule has 1 aliphatic carbocycles. The number of fused-ring (bicyclic) bond motifs is 3. The highest BCUT2D eigenvalue weighted by Gasteiger charge is 2.25. The molecule has 0 aliphatic heterocycles. The minimum atomic E-state index is -0.428. The molecule has 0 radical (unpaired) electrons. The number of thioether (sulfide) groups is 1. The first-order chi connectivity index (χ1) is 10.2. The SMILES string of the molecule is CSc1nnc2n(CC3CC3)c(=O)c3cccc(F)c3n12. The van der Waals surface area contributed by atoms with Gasteiger partial charge in [0.15, 0.2) is 5.16 Å². The maximum atomic E-state index is 14.3. The van der Waals surface area contributed by atoms with Crippen LogP contribution in [0.3, 0.4) is 0 Å². The van der Waals surface area contributed by atoms with Crippen LogP contribution >= 0.6 is 11.8 Å². The van der Waals surface area contributed by atoms with E-state index in [1.165, 1.54) is 17.8 Å². The van der Waals surface area contributed by atoms with Gasteiger partial charge >= 0.3 is 0 Å². The Hall–Kier alpha value is -1.89. The van der Waals surface area contributed by atoms with Gasteiger partial charge in [-0.15, -0.1) is 10.2 Å². The van der Waals surface area contributed by atoms with Crippen molar-refractivity contribution in [2.45, 2.75) is 24.5 Å². The van der Waals surface area contributed by atoms with E-state index in [2.05, 4.69) is 10.2 Å². The van der Waals surface area contributed by atoms with Gasteiger partial charge in [-0.1, -0.05) is 17.8 Å². The van der Waals surface area contributed by atoms with Gasteiger partial charge in [-0.3, -0.25) is 13.8 Å². The van der Waals surface area contributed by atoms with Gasteiger partial charge in [0, 0.05) is 6.54 Å². The molecule has 0 N–H and O–H groups in total. The normalized spacial score (nSPS) is 15.1. The molecule has 2 heterocycles. The van der Waals surface area contributed by atoms with E-state index in [1.807, 2.05) is 6.26 Å². The van der Waals surface area contributed by atoms with Gasteiger partial charge in [0.2, 0.25) is 5.78 Å². The van der Waals surface area contributed by atoms with E-state index in [-0.39, 0.29) is 11.1 Å². The highest BCUT2D eigenvalue weighted by Crippen LogP contribution is 2.31. The fourth-order valence-electron chi connectivity index (χ4n) is 2.64. The lowest BCUT2D eigenvalue weighted by atomic mass is 10.2. The molecule has 5 nitrogen and oxygen atoms in total. The van der Waals surface area contributed by atoms with Gasteiger partial charge in [0.1, 0.15) is 5.82 Å². The van der Waals surface area contributed by atoms with Gasteiger partial charge < -0.3 is 0 Å². The van der Waals surface area contributed by atoms with Crippen LogP contribution in [0, 0.1) is 11.7 Å². The molecule has 1 saturated carbocycles. The van der Waals surface area contributed by atoms with Crippen LogP contribution in [-0.4, -0.2) is 25.4 Å². The zero-order chi connectivity index (χ0) is 14.6. The first kappa shape index (κ1) is 12.8. The van der Waals surface area contributed by atoms with Crippen molar-refractivity contribution in [1.29, 1.82) is 0 Å². The summed E-state index contributed by atoms with van der Waals surface area (Å²) in [5, 5.41) is 9.16. The van der Waals surface area contributed by atoms with Crippen molar-refractivity contribution in [2.75, 3.05) is 6.26 Å². The first-order valence-corrected chi connectivity index (χ1v) is 8.03. The number of benzene rings is 1. The van der Waals surface area contributed by atoms with E-state index in [9.17, 15) is 9.18 Å². The van der Waals surface area contributed by atoms with E-state index < -0.39 is 5.82 Å². The number of nitrogens with zero attached hydrogens (tertiary/aromatic N) is 4. The van der Waals surface area contributed by atoms with Crippen LogP contribution in [0.2, 0.25) is 0 Å². The fourth-order valence-corrected chi connectivity index (χ4v) is 3.12. The number of para-hydroxylation sites is 1. The summed E-state index contributed by atoms with van der Waals surface area (Å²) < 4.78 is 17.5. The topological polar surface area (TPSA) is 52.2 Å². The molecule has 7 heteroatoms. The molecule has 0 atom stereocenters. The van der Waals surface area contributed by atoms with Gasteiger partial charge in [0.05, 0.1) is 10.9 Å². The molecule has 21 heavy (non-hydrogen) atoms. The van der Waals surface area contributed by atoms with Crippen molar-refractivity contribution >= 4 is 28.4 Å². The smallest absolute Gasteiger partial charge is 0.262 e. The summed E-state index contributed by atoms with van der Waals surface area (Å²) in [5.41, 5.74) is 0.0721. The van der Waals surface area contributed by atoms with Crippen LogP contribution in [0.4, 0.5) is 4.39 Å². The third kappa shape index (κ3) is 1.87. The third-order valence-corrected chi connectivity index (χ3v) is 4.49. The summed E-state index contributed by atoms with van der Waals surface area (Å²) in [4.78, 5) is 12.7. The summed E-state index contributed by atoms with van der Waals surface area (Å²) in [5.74, 6) is 0.518. The van der Waals surface area contributed by atoms with Gasteiger partial charge in [0.25, 0.3) is 5.56 Å². The van der Waals surface area contributed by atoms with E-state index >= 15 is 0 Å². The first-order valence-electron chi connectivity index (χ1n) is 6.81. The molecule has 108 valence electrons. The maximum Gasteiger partial charge on any atom is 0.262 e. The molecule has 4 rings (SSSR count). The van der Waals surface area contributed by atoms with Crippen molar-refractivity contribution in [1.82, 2.24) is 19.2 Å². The molecular formula is C14H13FN4OS. The van der Waals surface area contributed by atoms with Crippen molar-refractivity contribution in [3.05, 3.63) is 34.4 Å². The Balaban J connectivity index is 2.19. The average Bonchev–Trinajstić information content (AvgIpc) is 3.20. The third-order valence-electron chi connectivity index (χ3n) is 3.86. The van der Waals surface area contributed by atoms with Crippen molar-refractivity contribution < 1.29 is 4.39 Å². The van der Waals surface area contributed by atoms with Crippen LogP contribution in [-0.2, 0) is 6.54 Å². The Morgan fingerprint density at radius 3 is 2.90 bits per heavy atom. The van der Waals surface area contributed by atoms with Crippen molar-refractivity contribution in [3.63, 3.8) is 0 Å². The quantitative estimate of drug-likeness (QED) is 0.697. The van der Waals surface area contributed by atoms with Crippen molar-refractivity contribution in [3.8, 4) is 0 Å². The van der Waals surface area contributed by atoms with E-state index in [0.29, 0.717) is 28.8 Å². The predicted molar refractivity (Wildman–Crippen MR) is 79.2 cm³/mol. The van der Waals surface area contributed by atoms with Crippen LogP contribution < -0.4 is 5.56 Å². The van der Waals surface area contributed by atoms with Crippen LogP contribution in [0.5, 0.6) is 0 Å². The Kier molecular flexibility index (Phi) is 2.78. The second-order valence-corrected chi connectivity index (χ2v) is 6.09. The minimum Gasteiger partial charge on any atom is -0.276 e. The lowest BCUT2D eigenvalue weighted by Gasteiger charge is -2.10. The molecular weight excluding hydrogens is 291 g/mol. The van der Waals surface area contributed by atoms with Gasteiger partial charge in [-0.25, -0.2) is 4.39 Å². The molecule has 1 fully saturated rings. The van der Waals surface area contributed by atoms with E-state index in [0.717, 1.165) is 12.8 Å². The second-order valence-electron chi connectivity index (χ2n) is 5.32. The number of hydrogen-bond acceptors (Lipinski definition) is 4. The Morgan fingerprint density at radius 2 is 2.19 bits per heavy atom. The molecule has 1 aromatic carbocycles. The Bertz CT molecular complexity index is 913. The molecule has 0 amide bonds. The molecule has 0 unspecified atom stereocenters. The lowest BCUT2D eigenvalue weighted by Crippen LogP contribution is -2.24. The number of halogens is 1. The molecule has 0 saturated heterocycles. The van der Waals surface area contributed by atoms with Crippen LogP contribution in [0.15, 0.2) is 28.2 Å². The van der Waals surface area contributed by atoms with Crippen LogP contribution in [0.25, 0.3) is 16.7 Å². The highest BCUT2D eigenvalue weighted by molar-refractivity contribution is 7.98. The van der Waals surface area contributed by atoms with Gasteiger partial charge in [-0.2, -0.15) is 0 Å². The zero-order valence-corrected chi connectivity index (χ0v) is 12.2. The lowest BCUT2D eigenvalue weighted by molar-refractivity contribution is 0.607. The predicted octanol–water partition coefficient (Wildman–Crippen LogP) is 2.32. The van der Waals surface area contributed by atoms with Crippen LogP contribution in [0.1, 0.15) is 12.8 Å². The second kappa shape index (κ2) is 4.56. The molecule has 1 aliphatic rings. The van der Waals surface area contributed by atoms with Crippen molar-refractivity contribution in [2.24, 2.45) is 5.92 Å². The fraction of sp³-hybridized carbons (Fsp3) is 0.357. The summed E-state index contributed by atoms with van der Waals surface area (Å²) in [6, 6.07) is 4.58. The number of hydrogen-bond donors (Lipinski definition) is 0. The standard InChI is InChI=1S/C14H13FN4OS/c1-21-14-17-16-13-18(7-8-5-6-8)12(20)9-3-2-4-10(15)11(9)19(13)14/h2-4,8H,5-7H2,1H3. The zero-order valence-electron chi connectivity index (χ0n) is 11.4.